The average molecular weight is 1430 g/mol. The van der Waals surface area contributed by atoms with Crippen LogP contribution < -0.4 is 43.8 Å². The predicted octanol–water partition coefficient (Wildman–Crippen LogP) is 11.4. The number of halogens is 1. The van der Waals surface area contributed by atoms with Gasteiger partial charge in [0.25, 0.3) is 11.9 Å². The highest BCUT2D eigenvalue weighted by Gasteiger charge is 2.29. The summed E-state index contributed by atoms with van der Waals surface area (Å²) in [6.45, 7) is 32.7. The first-order valence-corrected chi connectivity index (χ1v) is 36.6. The van der Waals surface area contributed by atoms with Gasteiger partial charge in [0.2, 0.25) is 11.8 Å². The number of ketones is 2. The van der Waals surface area contributed by atoms with Crippen LogP contribution >= 0.6 is 76.4 Å². The fourth-order valence-corrected chi connectivity index (χ4v) is 10.5. The number of alkyl carbamates (subject to hydrolysis) is 3. The molecule has 0 atom stereocenters. The van der Waals surface area contributed by atoms with E-state index in [1.807, 2.05) is 100 Å². The standard InChI is InChI=1S/C15H11ClO2.2C11H22N2O3S2.C9H20N2O2S2.2C4H8O.2C2H4O2.2CH5N/c16-15(17)18-9-14-12-7-3-1-5-10(12)11-6-2-4-8-13(11)14;2*1-9(14)12-5-7-17-18-8-6-13-10(15)16-11(2,3)4;1-9(2,3)13-8(12)11-5-7-15-14-6-4-10;2*1-3-4(2)5;2*1-2(3)4;2*1-2/h1-8,14H,9H2;2*5-8H2,1-4H3,(H,12,14)(H,13,15);4-7,10H2,1-3H3,(H,11,12);2*3H2,1-2H3;2*1H3,(H,3,4);2*2H2,1H3. The van der Waals surface area contributed by atoms with Crippen molar-refractivity contribution in [3.05, 3.63) is 59.7 Å². The van der Waals surface area contributed by atoms with Gasteiger partial charge >= 0.3 is 23.7 Å². The smallest absolute Gasteiger partial charge is 0.407 e. The lowest BCUT2D eigenvalue weighted by Crippen LogP contribution is -2.33. The minimum Gasteiger partial charge on any atom is -0.481 e. The Kier molecular flexibility index (Phi) is 71.6. The van der Waals surface area contributed by atoms with Crippen molar-refractivity contribution in [1.82, 2.24) is 26.6 Å². The number of Topliss-reactive ketones (excluding diaryl/α,β-unsaturated/α-hetero) is 2. The maximum absolute atomic E-state index is 11.3. The summed E-state index contributed by atoms with van der Waals surface area (Å²) < 4.78 is 20.2. The van der Waals surface area contributed by atoms with Gasteiger partial charge in [-0.2, -0.15) is 0 Å². The summed E-state index contributed by atoms with van der Waals surface area (Å²) in [7, 11) is 13.1. The van der Waals surface area contributed by atoms with Gasteiger partial charge in [0, 0.05) is 132 Å². The molecule has 528 valence electrons. The Morgan fingerprint density at radius 3 is 0.901 bits per heavy atom. The first-order chi connectivity index (χ1) is 42.4. The summed E-state index contributed by atoms with van der Waals surface area (Å²) in [4.78, 5) is 103. The number of fused-ring (bicyclic) bond motifs is 3. The molecule has 0 unspecified atom stereocenters. The number of hydrogen-bond donors (Lipinski definition) is 10. The number of carbonyl (C=O) groups excluding carboxylic acids is 8. The molecule has 3 rings (SSSR count). The number of hydrogen-bond acceptors (Lipinski definition) is 23. The highest BCUT2D eigenvalue weighted by molar-refractivity contribution is 8.77. The molecule has 1 aliphatic carbocycles. The summed E-state index contributed by atoms with van der Waals surface area (Å²) in [5, 5.41) is 28.3. The van der Waals surface area contributed by atoms with Gasteiger partial charge in [0.15, 0.2) is 0 Å². The number of nitrogens with two attached hydrogens (primary N) is 3. The summed E-state index contributed by atoms with van der Waals surface area (Å²) in [5.41, 5.74) is 17.1. The van der Waals surface area contributed by atoms with Crippen molar-refractivity contribution in [1.29, 1.82) is 0 Å². The van der Waals surface area contributed by atoms with Crippen LogP contribution in [-0.4, -0.2) is 181 Å². The van der Waals surface area contributed by atoms with Crippen LogP contribution in [0.1, 0.15) is 148 Å². The number of carboxylic acids is 2. The van der Waals surface area contributed by atoms with Crippen molar-refractivity contribution >= 4 is 135 Å². The third-order valence-corrected chi connectivity index (χ3v) is 15.8. The van der Waals surface area contributed by atoms with Crippen LogP contribution in [0.15, 0.2) is 48.5 Å². The Balaban J connectivity index is -0.000000186. The molecule has 0 saturated carbocycles. The number of carboxylic acid groups (broad SMARTS) is 2. The molecule has 24 nitrogen and oxygen atoms in total. The van der Waals surface area contributed by atoms with Crippen molar-refractivity contribution < 1.29 is 77.1 Å². The molecule has 0 saturated heterocycles. The van der Waals surface area contributed by atoms with E-state index in [9.17, 15) is 38.4 Å². The normalized spacial score (nSPS) is 10.2. The zero-order valence-electron chi connectivity index (χ0n) is 57.0. The highest BCUT2D eigenvalue weighted by Crippen LogP contribution is 2.44. The maximum Gasteiger partial charge on any atom is 0.407 e. The predicted molar refractivity (Wildman–Crippen MR) is 384 cm³/mol. The molecule has 0 spiro atoms. The van der Waals surface area contributed by atoms with Gasteiger partial charge in [-0.05, 0) is 113 Å². The molecule has 2 aromatic carbocycles. The van der Waals surface area contributed by atoms with Crippen LogP contribution in [0.4, 0.5) is 19.2 Å². The van der Waals surface area contributed by atoms with E-state index < -0.39 is 34.2 Å². The van der Waals surface area contributed by atoms with Gasteiger partial charge in [0.05, 0.1) is 0 Å². The number of ether oxygens (including phenoxy) is 4. The maximum atomic E-state index is 11.3. The molecular weight excluding hydrogens is 1320 g/mol. The molecule has 91 heavy (non-hydrogen) atoms. The second-order valence-corrected chi connectivity index (χ2v) is 28.8. The monoisotopic (exact) mass is 1420 g/mol. The molecule has 2 aromatic rings. The van der Waals surface area contributed by atoms with E-state index in [1.54, 1.807) is 78.6 Å². The first kappa shape index (κ1) is 99.8. The van der Waals surface area contributed by atoms with Gasteiger partial charge in [-0.25, -0.2) is 19.2 Å². The molecule has 0 aliphatic heterocycles. The van der Waals surface area contributed by atoms with Gasteiger partial charge in [-0.15, -0.1) is 0 Å². The highest BCUT2D eigenvalue weighted by atomic mass is 35.5. The van der Waals surface area contributed by atoms with Crippen LogP contribution in [0.2, 0.25) is 0 Å². The summed E-state index contributed by atoms with van der Waals surface area (Å²) in [6.07, 6.45) is 0.213. The minimum atomic E-state index is -0.833. The zero-order valence-corrected chi connectivity index (χ0v) is 62.6. The summed E-state index contributed by atoms with van der Waals surface area (Å²) in [6, 6.07) is 16.4. The van der Waals surface area contributed by atoms with E-state index in [-0.39, 0.29) is 54.2 Å². The second-order valence-electron chi connectivity index (χ2n) is 20.4. The van der Waals surface area contributed by atoms with Crippen molar-refractivity contribution in [3.63, 3.8) is 0 Å². The Labute approximate surface area is 571 Å². The molecule has 0 heterocycles. The largest absolute Gasteiger partial charge is 0.481 e. The van der Waals surface area contributed by atoms with Crippen LogP contribution in [-0.2, 0) is 47.7 Å². The van der Waals surface area contributed by atoms with E-state index >= 15 is 0 Å². The van der Waals surface area contributed by atoms with Crippen molar-refractivity contribution in [2.45, 2.75) is 153 Å². The molecule has 0 aromatic heterocycles. The summed E-state index contributed by atoms with van der Waals surface area (Å²) >= 11 is 5.25. The minimum absolute atomic E-state index is 0.00723. The molecule has 13 N–H and O–H groups in total. The Hall–Kier alpha value is -4.79. The number of carbonyl (C=O) groups is 10. The third kappa shape index (κ3) is 85.2. The molecule has 0 bridgehead atoms. The van der Waals surface area contributed by atoms with Crippen LogP contribution in [0.5, 0.6) is 0 Å². The van der Waals surface area contributed by atoms with Gasteiger partial charge < -0.3 is 82.5 Å². The third-order valence-electron chi connectivity index (χ3n) is 8.45. The average Bonchev–Trinajstić information content (AvgIpc) is 1.68. The fourth-order valence-electron chi connectivity index (χ4n) is 5.05. The van der Waals surface area contributed by atoms with E-state index in [0.29, 0.717) is 52.1 Å². The summed E-state index contributed by atoms with van der Waals surface area (Å²) in [5.74, 6) is 4.05. The van der Waals surface area contributed by atoms with Crippen LogP contribution in [0.25, 0.3) is 11.1 Å². The molecule has 0 radical (unpaired) electrons. The fraction of sp³-hybridized carbons (Fsp3) is 0.633. The van der Waals surface area contributed by atoms with E-state index in [4.69, 9.17) is 56.1 Å². The first-order valence-electron chi connectivity index (χ1n) is 28.7. The molecule has 0 fully saturated rings. The number of amides is 5. The van der Waals surface area contributed by atoms with E-state index in [0.717, 1.165) is 48.4 Å². The quantitative estimate of drug-likeness (QED) is 0.0202. The van der Waals surface area contributed by atoms with Gasteiger partial charge in [0.1, 0.15) is 35.0 Å². The lowest BCUT2D eigenvalue weighted by atomic mass is 9.98. The van der Waals surface area contributed by atoms with Crippen molar-refractivity contribution in [2.75, 3.05) is 94.5 Å². The number of aliphatic carboxylic acids is 2. The van der Waals surface area contributed by atoms with E-state index in [2.05, 4.69) is 62.3 Å². The topological polar surface area (TPSA) is 386 Å². The molecular formula is C60H109ClN8O16S6. The number of rotatable bonds is 24. The Morgan fingerprint density at radius 1 is 0.462 bits per heavy atom. The van der Waals surface area contributed by atoms with E-state index in [1.165, 1.54) is 50.2 Å². The van der Waals surface area contributed by atoms with Crippen LogP contribution in [0.3, 0.4) is 0 Å². The zero-order chi connectivity index (χ0) is 72.0. The lowest BCUT2D eigenvalue weighted by Gasteiger charge is -2.19. The second kappa shape index (κ2) is 65.3. The lowest BCUT2D eigenvalue weighted by molar-refractivity contribution is -0.135. The Bertz CT molecular complexity index is 2150. The Morgan fingerprint density at radius 2 is 0.692 bits per heavy atom. The SMILES string of the molecule is CC(=O)NCCSSCCNC(=O)OC(C)(C)C.CC(=O)NCCSSCCNC(=O)OC(C)(C)C.CC(=O)O.CC(=O)O.CC(C)(C)OC(=O)NCCSSCCN.CCC(C)=O.CCC(C)=O.CN.CN.O=C(Cl)OCC1c2ccccc2-c2ccccc21. The van der Waals surface area contributed by atoms with Crippen molar-refractivity contribution in [2.24, 2.45) is 17.2 Å². The number of benzene rings is 2. The molecule has 1 aliphatic rings. The number of nitrogens with one attached hydrogen (secondary N) is 5. The molecule has 31 heteroatoms. The van der Waals surface area contributed by atoms with Gasteiger partial charge in [-0.1, -0.05) is 127 Å². The van der Waals surface area contributed by atoms with Crippen molar-refractivity contribution in [3.8, 4) is 11.1 Å². The van der Waals surface area contributed by atoms with Crippen LogP contribution in [0, 0.1) is 0 Å². The molecule has 5 amide bonds. The van der Waals surface area contributed by atoms with Gasteiger partial charge in [-0.3, -0.25) is 19.2 Å².